The average molecular weight is 464 g/mol. The van der Waals surface area contributed by atoms with Crippen LogP contribution in [0.4, 0.5) is 11.8 Å². The third-order valence-corrected chi connectivity index (χ3v) is 6.71. The predicted molar refractivity (Wildman–Crippen MR) is 131 cm³/mol. The van der Waals surface area contributed by atoms with E-state index in [2.05, 4.69) is 39.7 Å². The molecule has 4 aromatic rings. The summed E-state index contributed by atoms with van der Waals surface area (Å²) in [4.78, 5) is 26.3. The standard InChI is InChI=1S/C24H29N7O3/c1-14-12-33-8-6-30(14)23-20-22(28-24(29-23)31-7-9-34-13-15(31)2)27-21(26-20)18-10-16(32-3)11-19-17(18)4-5-25-19/h4-5,10-11,14-15,25H,6-9,12-13H2,1-3H3,(H,26,27,28,29)/t14-,15+/m1/s1. The molecule has 178 valence electrons. The van der Waals surface area contributed by atoms with E-state index < -0.39 is 0 Å². The molecule has 0 aliphatic carbocycles. The molecule has 0 amide bonds. The monoisotopic (exact) mass is 463 g/mol. The molecule has 34 heavy (non-hydrogen) atoms. The molecule has 1 aromatic carbocycles. The topological polar surface area (TPSA) is 104 Å². The van der Waals surface area contributed by atoms with E-state index in [9.17, 15) is 0 Å². The SMILES string of the molecule is COc1cc(-c2nc3c(N4CCOC[C@H]4C)nc(N4CCOC[C@@H]4C)nc3[nH]2)c2cc[nH]c2c1. The second-order valence-corrected chi connectivity index (χ2v) is 8.98. The van der Waals surface area contributed by atoms with Gasteiger partial charge in [0, 0.05) is 41.8 Å². The van der Waals surface area contributed by atoms with Crippen LogP contribution in [0.1, 0.15) is 13.8 Å². The summed E-state index contributed by atoms with van der Waals surface area (Å²) in [5.41, 5.74) is 3.43. The summed E-state index contributed by atoms with van der Waals surface area (Å²) in [5.74, 6) is 3.04. The highest BCUT2D eigenvalue weighted by molar-refractivity contribution is 5.97. The van der Waals surface area contributed by atoms with Gasteiger partial charge in [-0.2, -0.15) is 9.97 Å². The minimum atomic E-state index is 0.190. The zero-order chi connectivity index (χ0) is 23.2. The molecule has 6 rings (SSSR count). The number of ether oxygens (including phenoxy) is 3. The Labute approximate surface area is 197 Å². The van der Waals surface area contributed by atoms with Crippen LogP contribution in [0, 0.1) is 0 Å². The smallest absolute Gasteiger partial charge is 0.229 e. The van der Waals surface area contributed by atoms with Crippen LogP contribution < -0.4 is 14.5 Å². The minimum Gasteiger partial charge on any atom is -0.497 e. The molecule has 0 unspecified atom stereocenters. The first kappa shape index (κ1) is 21.2. The van der Waals surface area contributed by atoms with Gasteiger partial charge in [-0.25, -0.2) is 4.98 Å². The molecule has 10 heteroatoms. The maximum atomic E-state index is 5.69. The van der Waals surface area contributed by atoms with Crippen LogP contribution in [-0.2, 0) is 9.47 Å². The molecule has 2 atom stereocenters. The largest absolute Gasteiger partial charge is 0.497 e. The average Bonchev–Trinajstić information content (AvgIpc) is 3.50. The number of anilines is 2. The fourth-order valence-corrected chi connectivity index (χ4v) is 4.85. The second kappa shape index (κ2) is 8.44. The number of methoxy groups -OCH3 is 1. The minimum absolute atomic E-state index is 0.190. The molecule has 0 saturated carbocycles. The Bertz CT molecular complexity index is 1330. The van der Waals surface area contributed by atoms with Gasteiger partial charge in [0.05, 0.1) is 45.6 Å². The zero-order valence-electron chi connectivity index (χ0n) is 19.7. The fourth-order valence-electron chi connectivity index (χ4n) is 4.85. The molecular formula is C24H29N7O3. The van der Waals surface area contributed by atoms with Gasteiger partial charge >= 0.3 is 0 Å². The van der Waals surface area contributed by atoms with Crippen LogP contribution >= 0.6 is 0 Å². The summed E-state index contributed by atoms with van der Waals surface area (Å²) in [7, 11) is 1.67. The van der Waals surface area contributed by atoms with E-state index in [0.29, 0.717) is 32.4 Å². The van der Waals surface area contributed by atoms with Gasteiger partial charge in [0.25, 0.3) is 0 Å². The molecular weight excluding hydrogens is 434 g/mol. The van der Waals surface area contributed by atoms with Gasteiger partial charge in [0.1, 0.15) is 11.6 Å². The Kier molecular flexibility index (Phi) is 5.26. The van der Waals surface area contributed by atoms with E-state index >= 15 is 0 Å². The molecule has 2 N–H and O–H groups in total. The van der Waals surface area contributed by atoms with Crippen molar-refractivity contribution in [2.24, 2.45) is 0 Å². The number of aromatic nitrogens is 5. The summed E-state index contributed by atoms with van der Waals surface area (Å²) in [5, 5.41) is 1.07. The number of morpholine rings is 2. The fraction of sp³-hybridized carbons (Fsp3) is 0.458. The number of fused-ring (bicyclic) bond motifs is 2. The Morgan fingerprint density at radius 3 is 2.50 bits per heavy atom. The van der Waals surface area contributed by atoms with Crippen LogP contribution in [0.15, 0.2) is 24.4 Å². The zero-order valence-corrected chi connectivity index (χ0v) is 19.7. The van der Waals surface area contributed by atoms with Gasteiger partial charge in [0.2, 0.25) is 5.95 Å². The normalized spacial score (nSPS) is 21.5. The van der Waals surface area contributed by atoms with Gasteiger partial charge in [-0.1, -0.05) is 0 Å². The number of imidazole rings is 1. The number of aromatic amines is 2. The molecule has 2 aliphatic rings. The lowest BCUT2D eigenvalue weighted by molar-refractivity contribution is 0.0973. The number of rotatable bonds is 4. The van der Waals surface area contributed by atoms with E-state index in [4.69, 9.17) is 29.2 Å². The van der Waals surface area contributed by atoms with Gasteiger partial charge < -0.3 is 34.0 Å². The molecule has 2 aliphatic heterocycles. The lowest BCUT2D eigenvalue weighted by atomic mass is 10.1. The highest BCUT2D eigenvalue weighted by Gasteiger charge is 2.29. The lowest BCUT2D eigenvalue weighted by Gasteiger charge is -2.36. The molecule has 0 bridgehead atoms. The van der Waals surface area contributed by atoms with Gasteiger partial charge in [0.15, 0.2) is 17.0 Å². The van der Waals surface area contributed by atoms with E-state index in [1.807, 2.05) is 18.3 Å². The predicted octanol–water partition coefficient (Wildman–Crippen LogP) is 2.96. The van der Waals surface area contributed by atoms with Crippen LogP contribution in [0.5, 0.6) is 5.75 Å². The summed E-state index contributed by atoms with van der Waals surface area (Å²) in [6, 6.07) is 6.43. The van der Waals surface area contributed by atoms with E-state index in [1.54, 1.807) is 7.11 Å². The number of hydrogen-bond acceptors (Lipinski definition) is 8. The van der Waals surface area contributed by atoms with Crippen molar-refractivity contribution in [2.45, 2.75) is 25.9 Å². The molecule has 3 aromatic heterocycles. The van der Waals surface area contributed by atoms with Crippen molar-refractivity contribution in [3.05, 3.63) is 24.4 Å². The maximum absolute atomic E-state index is 5.69. The van der Waals surface area contributed by atoms with Crippen molar-refractivity contribution in [3.8, 4) is 17.1 Å². The third kappa shape index (κ3) is 3.54. The van der Waals surface area contributed by atoms with Crippen molar-refractivity contribution < 1.29 is 14.2 Å². The molecule has 0 radical (unpaired) electrons. The summed E-state index contributed by atoms with van der Waals surface area (Å²) in [6.07, 6.45) is 1.93. The van der Waals surface area contributed by atoms with Gasteiger partial charge in [-0.3, -0.25) is 0 Å². The first-order valence-electron chi connectivity index (χ1n) is 11.7. The van der Waals surface area contributed by atoms with Crippen molar-refractivity contribution >= 4 is 33.8 Å². The molecule has 5 heterocycles. The molecule has 0 spiro atoms. The maximum Gasteiger partial charge on any atom is 0.229 e. The lowest BCUT2D eigenvalue weighted by Crippen LogP contribution is -2.46. The van der Waals surface area contributed by atoms with E-state index in [0.717, 1.165) is 58.1 Å². The highest BCUT2D eigenvalue weighted by atomic mass is 16.5. The first-order chi connectivity index (χ1) is 16.6. The van der Waals surface area contributed by atoms with Crippen molar-refractivity contribution in [1.29, 1.82) is 0 Å². The first-order valence-corrected chi connectivity index (χ1v) is 11.7. The molecule has 10 nitrogen and oxygen atoms in total. The van der Waals surface area contributed by atoms with E-state index in [-0.39, 0.29) is 12.1 Å². The molecule has 2 saturated heterocycles. The molecule has 2 fully saturated rings. The quantitative estimate of drug-likeness (QED) is 0.476. The Morgan fingerprint density at radius 2 is 1.76 bits per heavy atom. The highest BCUT2D eigenvalue weighted by Crippen LogP contribution is 2.35. The van der Waals surface area contributed by atoms with Crippen molar-refractivity contribution in [3.63, 3.8) is 0 Å². The number of hydrogen-bond donors (Lipinski definition) is 2. The van der Waals surface area contributed by atoms with Crippen LogP contribution in [-0.4, -0.2) is 83.6 Å². The van der Waals surface area contributed by atoms with Gasteiger partial charge in [-0.15, -0.1) is 0 Å². The Balaban J connectivity index is 1.54. The number of H-pyrrole nitrogens is 2. The summed E-state index contributed by atoms with van der Waals surface area (Å²) < 4.78 is 16.9. The summed E-state index contributed by atoms with van der Waals surface area (Å²) in [6.45, 7) is 8.46. The van der Waals surface area contributed by atoms with Gasteiger partial charge in [-0.05, 0) is 26.0 Å². The van der Waals surface area contributed by atoms with Crippen molar-refractivity contribution in [2.75, 3.05) is 56.4 Å². The number of benzene rings is 1. The Hall–Kier alpha value is -3.37. The van der Waals surface area contributed by atoms with Crippen LogP contribution in [0.25, 0.3) is 33.5 Å². The number of nitrogens with zero attached hydrogens (tertiary/aromatic N) is 5. The summed E-state index contributed by atoms with van der Waals surface area (Å²) >= 11 is 0. The third-order valence-electron chi connectivity index (χ3n) is 6.71. The van der Waals surface area contributed by atoms with E-state index in [1.165, 1.54) is 0 Å². The van der Waals surface area contributed by atoms with Crippen LogP contribution in [0.2, 0.25) is 0 Å². The number of nitrogens with one attached hydrogen (secondary N) is 2. The van der Waals surface area contributed by atoms with Crippen LogP contribution in [0.3, 0.4) is 0 Å². The second-order valence-electron chi connectivity index (χ2n) is 8.98. The Morgan fingerprint density at radius 1 is 1.00 bits per heavy atom. The van der Waals surface area contributed by atoms with Crippen molar-refractivity contribution in [1.82, 2.24) is 24.9 Å².